The van der Waals surface area contributed by atoms with E-state index in [-0.39, 0.29) is 13.5 Å². The van der Waals surface area contributed by atoms with E-state index in [0.29, 0.717) is 20.1 Å². The molecule has 0 aliphatic heterocycles. The van der Waals surface area contributed by atoms with E-state index in [1.165, 1.54) is 0 Å². The van der Waals surface area contributed by atoms with Crippen LogP contribution in [0.1, 0.15) is 0 Å². The fourth-order valence-electron chi connectivity index (χ4n) is 1.12. The highest BCUT2D eigenvalue weighted by molar-refractivity contribution is 7.59. The zero-order valence-electron chi connectivity index (χ0n) is 12.7. The summed E-state index contributed by atoms with van der Waals surface area (Å²) in [5.74, 6) is 0. The molecular formula is C14H24O4P2SSi. The fourth-order valence-corrected chi connectivity index (χ4v) is 2.00. The maximum atomic E-state index is 8.64. The Morgan fingerprint density at radius 1 is 0.636 bits per heavy atom. The summed E-state index contributed by atoms with van der Waals surface area (Å²) in [5.41, 5.74) is 0. The molecule has 0 bridgehead atoms. The van der Waals surface area contributed by atoms with Crippen LogP contribution >= 0.6 is 30.2 Å². The van der Waals surface area contributed by atoms with Crippen molar-refractivity contribution < 1.29 is 19.6 Å². The van der Waals surface area contributed by atoms with Gasteiger partial charge in [0.15, 0.2) is 16.8 Å². The molecule has 2 rings (SSSR count). The first-order chi connectivity index (χ1) is 10.0. The van der Waals surface area contributed by atoms with Crippen LogP contribution < -0.4 is 10.6 Å². The molecule has 0 aromatic heterocycles. The molecule has 0 aliphatic rings. The molecule has 8 heteroatoms. The minimum atomic E-state index is -1.90. The van der Waals surface area contributed by atoms with Gasteiger partial charge in [-0.05, 0) is 24.3 Å². The lowest BCUT2D eigenvalue weighted by atomic mass is 10.4. The molecule has 0 heterocycles. The monoisotopic (exact) mass is 378 g/mol. The number of hydrogen-bond donors (Lipinski definition) is 4. The molecule has 0 fully saturated rings. The van der Waals surface area contributed by atoms with Gasteiger partial charge >= 0.3 is 0 Å². The number of rotatable bonds is 2. The van der Waals surface area contributed by atoms with Gasteiger partial charge in [0.25, 0.3) is 0 Å². The summed E-state index contributed by atoms with van der Waals surface area (Å²) in [6.45, 7) is 4.53. The summed E-state index contributed by atoms with van der Waals surface area (Å²) in [5, 5.41) is 1.18. The molecule has 0 atom stereocenters. The van der Waals surface area contributed by atoms with Gasteiger partial charge in [0.1, 0.15) is 0 Å². The lowest BCUT2D eigenvalue weighted by Gasteiger charge is -1.98. The summed E-state index contributed by atoms with van der Waals surface area (Å²) in [7, 11) is -3.37. The lowest BCUT2D eigenvalue weighted by molar-refractivity contribution is 0.495. The van der Waals surface area contributed by atoms with Crippen molar-refractivity contribution >= 4 is 50.4 Å². The first-order valence-electron chi connectivity index (χ1n) is 6.48. The van der Waals surface area contributed by atoms with Gasteiger partial charge in [0.05, 0.1) is 0 Å². The number of hydrogen-bond acceptors (Lipinski definition) is 4. The van der Waals surface area contributed by atoms with Crippen molar-refractivity contribution in [3.63, 3.8) is 0 Å². The molecule has 124 valence electrons. The Hall–Kier alpha value is -0.293. The zero-order valence-corrected chi connectivity index (χ0v) is 16.9. The largest absolute Gasteiger partial charge is 0.347 e. The predicted octanol–water partition coefficient (Wildman–Crippen LogP) is 1.58. The van der Waals surface area contributed by atoms with E-state index in [1.807, 2.05) is 12.1 Å². The average Bonchev–Trinajstić information content (AvgIpc) is 2.50. The van der Waals surface area contributed by atoms with Crippen LogP contribution in [-0.2, 0) is 0 Å². The summed E-state index contributed by atoms with van der Waals surface area (Å²) in [6.07, 6.45) is 0. The second kappa shape index (κ2) is 15.6. The highest BCUT2D eigenvalue weighted by atomic mass is 32.1. The smallest absolute Gasteiger partial charge is 0.199 e. The minimum Gasteiger partial charge on any atom is -0.347 e. The molecule has 0 aliphatic carbocycles. The van der Waals surface area contributed by atoms with Crippen molar-refractivity contribution in [2.24, 2.45) is 0 Å². The molecule has 4 N–H and O–H groups in total. The predicted molar refractivity (Wildman–Crippen MR) is 106 cm³/mol. The molecule has 2 aromatic rings. The standard InChI is InChI=1S/2C6H7O2P.C2H8Si.H2S/c2*7-9(8)6-4-2-1-3-5-6;1-3-2;/h2*1-5,7-8H;3H2,1-2H3;1H2. The van der Waals surface area contributed by atoms with Crippen molar-refractivity contribution in [1.82, 2.24) is 0 Å². The lowest BCUT2D eigenvalue weighted by Crippen LogP contribution is -1.96. The van der Waals surface area contributed by atoms with Gasteiger partial charge in [-0.25, -0.2) is 0 Å². The van der Waals surface area contributed by atoms with Crippen molar-refractivity contribution in [3.8, 4) is 0 Å². The molecular weight excluding hydrogens is 354 g/mol. The SMILES string of the molecule is C[SiH2]C.OP(O)c1ccccc1.OP(O)c1ccccc1.S. The zero-order chi connectivity index (χ0) is 16.1. The van der Waals surface area contributed by atoms with Crippen LogP contribution in [0.4, 0.5) is 0 Å². The third-order valence-electron chi connectivity index (χ3n) is 1.97. The second-order valence-corrected chi connectivity index (χ2v) is 7.56. The van der Waals surface area contributed by atoms with Crippen LogP contribution in [0.25, 0.3) is 0 Å². The Morgan fingerprint density at radius 2 is 0.864 bits per heavy atom. The van der Waals surface area contributed by atoms with Gasteiger partial charge in [-0.3, -0.25) is 0 Å². The van der Waals surface area contributed by atoms with Crippen molar-refractivity contribution in [2.45, 2.75) is 13.1 Å². The van der Waals surface area contributed by atoms with E-state index in [4.69, 9.17) is 19.6 Å². The quantitative estimate of drug-likeness (QED) is 0.473. The van der Waals surface area contributed by atoms with Gasteiger partial charge in [0, 0.05) is 20.1 Å². The molecule has 0 saturated heterocycles. The second-order valence-electron chi connectivity index (χ2n) is 3.96. The Kier molecular flexibility index (Phi) is 17.0. The van der Waals surface area contributed by atoms with Gasteiger partial charge in [-0.1, -0.05) is 49.5 Å². The topological polar surface area (TPSA) is 80.9 Å². The third-order valence-corrected chi connectivity index (χ3v) is 3.49. The van der Waals surface area contributed by atoms with Gasteiger partial charge in [-0.15, -0.1) is 0 Å². The van der Waals surface area contributed by atoms with Crippen LogP contribution in [0.2, 0.25) is 13.1 Å². The maximum Gasteiger partial charge on any atom is 0.199 e. The molecule has 0 unspecified atom stereocenters. The summed E-state index contributed by atoms with van der Waals surface area (Å²) in [6, 6.07) is 17.5. The van der Waals surface area contributed by atoms with E-state index in [0.717, 1.165) is 0 Å². The van der Waals surface area contributed by atoms with Crippen molar-refractivity contribution in [1.29, 1.82) is 0 Å². The molecule has 0 spiro atoms. The molecule has 0 amide bonds. The number of benzene rings is 2. The third kappa shape index (κ3) is 12.3. The Labute approximate surface area is 144 Å². The summed E-state index contributed by atoms with van der Waals surface area (Å²) >= 11 is 0. The minimum absolute atomic E-state index is 0. The molecule has 2 aromatic carbocycles. The van der Waals surface area contributed by atoms with E-state index >= 15 is 0 Å². The Morgan fingerprint density at radius 3 is 1.00 bits per heavy atom. The highest BCUT2D eigenvalue weighted by Crippen LogP contribution is 2.21. The van der Waals surface area contributed by atoms with Gasteiger partial charge < -0.3 is 19.6 Å². The first kappa shape index (κ1) is 24.0. The van der Waals surface area contributed by atoms with E-state index < -0.39 is 16.8 Å². The van der Waals surface area contributed by atoms with Gasteiger partial charge in [0.2, 0.25) is 0 Å². The molecule has 4 nitrogen and oxygen atoms in total. The van der Waals surface area contributed by atoms with Crippen LogP contribution in [0.3, 0.4) is 0 Å². The molecule has 22 heavy (non-hydrogen) atoms. The van der Waals surface area contributed by atoms with E-state index in [1.54, 1.807) is 48.5 Å². The molecule has 0 saturated carbocycles. The Bertz CT molecular complexity index is 417. The van der Waals surface area contributed by atoms with Crippen molar-refractivity contribution in [3.05, 3.63) is 60.7 Å². The van der Waals surface area contributed by atoms with Crippen LogP contribution in [0, 0.1) is 0 Å². The van der Waals surface area contributed by atoms with Crippen LogP contribution in [0.5, 0.6) is 0 Å². The van der Waals surface area contributed by atoms with E-state index in [9.17, 15) is 0 Å². The van der Waals surface area contributed by atoms with Gasteiger partial charge in [-0.2, -0.15) is 13.5 Å². The first-order valence-corrected chi connectivity index (χ1v) is 11.8. The van der Waals surface area contributed by atoms with E-state index in [2.05, 4.69) is 13.1 Å². The van der Waals surface area contributed by atoms with Crippen molar-refractivity contribution in [2.75, 3.05) is 0 Å². The fraction of sp³-hybridized carbons (Fsp3) is 0.143. The maximum absolute atomic E-state index is 8.64. The Balaban J connectivity index is 0. The summed E-state index contributed by atoms with van der Waals surface area (Å²) in [4.78, 5) is 34.6. The molecule has 0 radical (unpaired) electrons. The average molecular weight is 378 g/mol. The summed E-state index contributed by atoms with van der Waals surface area (Å²) < 4.78 is 0. The highest BCUT2D eigenvalue weighted by Gasteiger charge is 1.99. The van der Waals surface area contributed by atoms with Crippen LogP contribution in [-0.4, -0.2) is 29.1 Å². The normalized spacial score (nSPS) is 9.09. The van der Waals surface area contributed by atoms with Crippen LogP contribution in [0.15, 0.2) is 60.7 Å².